The Morgan fingerprint density at radius 1 is 0.529 bits per heavy atom. The molecule has 12 rings (SSSR count). The fourth-order valence-corrected chi connectivity index (χ4v) is 8.55. The van der Waals surface area contributed by atoms with Crippen LogP contribution in [0.15, 0.2) is 230 Å². The van der Waals surface area contributed by atoms with Crippen LogP contribution in [0.4, 0.5) is 0 Å². The normalized spacial score (nSPS) is 15.5. The van der Waals surface area contributed by atoms with Crippen LogP contribution in [0.1, 0.15) is 57.9 Å². The Hall–Kier alpha value is -8.80. The molecule has 336 valence electrons. The van der Waals surface area contributed by atoms with Crippen LogP contribution < -0.4 is 9.30 Å². The lowest BCUT2D eigenvalue weighted by atomic mass is 9.88. The molecule has 0 radical (unpaired) electrons. The standard InChI is InChI=1S/C65H50N4O/c1-44-24-26-46(27-25-44)48-30-34-50(35-31-48)56-20-13-19-55(49-32-28-47(29-33-49)45-14-6-5-7-15-45)64(56)68-43-67(60-22-10-11-23-61(60)68)52-16-12-17-53(41-52)70-54-36-37-58-57-18-8-9-21-59(57)69(62(58)42-54)63-40-51(38-39-66-63)65(2,3)4/h5-42H,1-4H3/i5D,6D,7D,13D,14D,15D,19D,20D,24D,25D,26D,28D,29D,30D,31D,32D,33D,34D,35D. The average Bonchev–Trinajstić information content (AvgIpc) is 2.25. The van der Waals surface area contributed by atoms with Crippen LogP contribution in [0.3, 0.4) is 0 Å². The quantitative estimate of drug-likeness (QED) is 0.107. The topological polar surface area (TPSA) is 35.9 Å². The van der Waals surface area contributed by atoms with Gasteiger partial charge in [-0.15, -0.1) is 0 Å². The van der Waals surface area contributed by atoms with Gasteiger partial charge in [-0.2, -0.15) is 0 Å². The summed E-state index contributed by atoms with van der Waals surface area (Å²) in [7, 11) is 0. The molecule has 0 aliphatic rings. The molecular weight excluding hydrogens is 853 g/mol. The first-order chi connectivity index (χ1) is 42.2. The average molecular weight is 922 g/mol. The van der Waals surface area contributed by atoms with Gasteiger partial charge in [0.25, 0.3) is 6.33 Å². The monoisotopic (exact) mass is 922 g/mol. The molecule has 3 aromatic heterocycles. The molecule has 0 N–H and O–H groups in total. The van der Waals surface area contributed by atoms with E-state index in [1.54, 1.807) is 59.3 Å². The fourth-order valence-electron chi connectivity index (χ4n) is 8.55. The van der Waals surface area contributed by atoms with Gasteiger partial charge in [0, 0.05) is 23.0 Å². The number of fused-ring (bicyclic) bond motifs is 4. The summed E-state index contributed by atoms with van der Waals surface area (Å²) in [5.41, 5.74) is -0.994. The number of rotatable bonds is 9. The highest BCUT2D eigenvalue weighted by Gasteiger charge is 2.22. The maximum atomic E-state index is 9.73. The van der Waals surface area contributed by atoms with Crippen LogP contribution in [-0.2, 0) is 5.41 Å². The van der Waals surface area contributed by atoms with E-state index in [1.165, 1.54) is 11.5 Å². The highest BCUT2D eigenvalue weighted by atomic mass is 16.5. The van der Waals surface area contributed by atoms with Crippen molar-refractivity contribution in [3.63, 3.8) is 0 Å². The van der Waals surface area contributed by atoms with Gasteiger partial charge < -0.3 is 4.74 Å². The Labute approximate surface area is 435 Å². The molecule has 0 spiro atoms. The largest absolute Gasteiger partial charge is 0.458 e. The van der Waals surface area contributed by atoms with E-state index in [9.17, 15) is 15.1 Å². The molecule has 0 bridgehead atoms. The maximum Gasteiger partial charge on any atom is 0.269 e. The Kier molecular flexibility index (Phi) is 6.62. The Bertz CT molecular complexity index is 4980. The van der Waals surface area contributed by atoms with Crippen molar-refractivity contribution in [3.05, 3.63) is 248 Å². The first kappa shape index (κ1) is 26.7. The molecular formula is C65H50N4O. The van der Waals surface area contributed by atoms with Gasteiger partial charge in [-0.05, 0) is 111 Å². The molecule has 0 saturated heterocycles. The van der Waals surface area contributed by atoms with Crippen molar-refractivity contribution in [3.8, 4) is 73.2 Å². The van der Waals surface area contributed by atoms with Gasteiger partial charge in [-0.3, -0.25) is 13.7 Å². The van der Waals surface area contributed by atoms with E-state index in [0.717, 1.165) is 39.3 Å². The summed E-state index contributed by atoms with van der Waals surface area (Å²) in [5, 5.41) is 1.98. The van der Waals surface area contributed by atoms with Gasteiger partial charge in [-0.25, -0.2) is 4.98 Å². The second kappa shape index (κ2) is 17.4. The molecule has 3 heterocycles. The minimum atomic E-state index is -0.914. The van der Waals surface area contributed by atoms with E-state index in [1.807, 2.05) is 42.5 Å². The zero-order chi connectivity index (χ0) is 63.9. The van der Waals surface area contributed by atoms with Crippen molar-refractivity contribution in [2.24, 2.45) is 0 Å². The molecule has 9 aromatic carbocycles. The van der Waals surface area contributed by atoms with E-state index < -0.39 is 147 Å². The predicted molar refractivity (Wildman–Crippen MR) is 287 cm³/mol. The number of imidazole rings is 1. The SMILES string of the molecule is [2H]c1cc(-c2c([2H])c([2H])c(-c3c([2H])c([2H])c([2H])c(-c4c([2H])c([2H])c(-c5c([2H])c([2H])c([2H])c([2H])c5[2H])c([2H])c4[2H])c3-[n+]3[c-]n(-c4cccc(Oc5ccc6c7ccccc7n(-c7cc(C(C)(C)C)ccn7)c6c5)c4)c4ccccc43)c([2H])c2[2H])c([2H])c([2H])c1C. The summed E-state index contributed by atoms with van der Waals surface area (Å²) in [6.45, 7) is 7.88. The number of benzene rings is 9. The second-order valence-corrected chi connectivity index (χ2v) is 17.6. The van der Waals surface area contributed by atoms with E-state index in [4.69, 9.17) is 20.7 Å². The summed E-state index contributed by atoms with van der Waals surface area (Å²) >= 11 is 0. The van der Waals surface area contributed by atoms with Crippen LogP contribution >= 0.6 is 0 Å². The molecule has 0 saturated carbocycles. The molecule has 0 unspecified atom stereocenters. The van der Waals surface area contributed by atoms with Gasteiger partial charge >= 0.3 is 0 Å². The summed E-state index contributed by atoms with van der Waals surface area (Å²) in [6.07, 6.45) is 5.09. The number of pyridine rings is 1. The predicted octanol–water partition coefficient (Wildman–Crippen LogP) is 16.3. The molecule has 5 nitrogen and oxygen atoms in total. The van der Waals surface area contributed by atoms with E-state index in [0.29, 0.717) is 22.7 Å². The maximum absolute atomic E-state index is 9.73. The molecule has 0 fully saturated rings. The number of nitrogens with zero attached hydrogens (tertiary/aromatic N) is 4. The number of aromatic nitrogens is 4. The minimum absolute atomic E-state index is 0.136. The van der Waals surface area contributed by atoms with Crippen molar-refractivity contribution in [1.82, 2.24) is 14.1 Å². The van der Waals surface area contributed by atoms with Crippen LogP contribution in [0.2, 0.25) is 0 Å². The summed E-state index contributed by atoms with van der Waals surface area (Å²) < 4.78 is 185. The number of para-hydroxylation sites is 4. The highest BCUT2D eigenvalue weighted by Crippen LogP contribution is 2.39. The zero-order valence-corrected chi connectivity index (χ0v) is 38.2. The van der Waals surface area contributed by atoms with Gasteiger partial charge in [0.2, 0.25) is 0 Å². The van der Waals surface area contributed by atoms with Crippen LogP contribution in [0.25, 0.3) is 94.5 Å². The smallest absolute Gasteiger partial charge is 0.269 e. The second-order valence-electron chi connectivity index (χ2n) is 17.6. The van der Waals surface area contributed by atoms with E-state index in [2.05, 4.69) is 43.8 Å². The molecule has 0 atom stereocenters. The highest BCUT2D eigenvalue weighted by molar-refractivity contribution is 6.09. The Morgan fingerprint density at radius 2 is 1.17 bits per heavy atom. The third-order valence-corrected chi connectivity index (χ3v) is 12.0. The Morgan fingerprint density at radius 3 is 1.93 bits per heavy atom. The van der Waals surface area contributed by atoms with E-state index >= 15 is 0 Å². The van der Waals surface area contributed by atoms with Crippen LogP contribution in [0, 0.1) is 13.3 Å². The Balaban J connectivity index is 1.11. The third kappa shape index (κ3) is 7.81. The number of hydrogen-bond acceptors (Lipinski definition) is 2. The number of ether oxygens (including phenoxy) is 1. The summed E-state index contributed by atoms with van der Waals surface area (Å²) in [6, 6.07) is 18.2. The lowest BCUT2D eigenvalue weighted by Gasteiger charge is -2.20. The minimum Gasteiger partial charge on any atom is -0.458 e. The molecule has 12 aromatic rings. The number of hydrogen-bond donors (Lipinski definition) is 0. The first-order valence-corrected chi connectivity index (χ1v) is 22.4. The van der Waals surface area contributed by atoms with Crippen molar-refractivity contribution in [1.29, 1.82) is 0 Å². The third-order valence-electron chi connectivity index (χ3n) is 12.0. The molecule has 0 aliphatic carbocycles. The van der Waals surface area contributed by atoms with Gasteiger partial charge in [-0.1, -0.05) is 196 Å². The van der Waals surface area contributed by atoms with Gasteiger partial charge in [0.15, 0.2) is 0 Å². The summed E-state index contributed by atoms with van der Waals surface area (Å²) in [5.74, 6) is 1.56. The molecule has 0 amide bonds. The van der Waals surface area contributed by atoms with Crippen LogP contribution in [0.5, 0.6) is 11.5 Å². The van der Waals surface area contributed by atoms with E-state index in [-0.39, 0.29) is 34.1 Å². The van der Waals surface area contributed by atoms with Crippen molar-refractivity contribution >= 4 is 32.8 Å². The molecule has 0 aliphatic heterocycles. The fraction of sp³-hybridized carbons (Fsp3) is 0.0769. The lowest BCUT2D eigenvalue weighted by molar-refractivity contribution is -0.571. The molecule has 5 heteroatoms. The van der Waals surface area contributed by atoms with Crippen LogP contribution in [-0.4, -0.2) is 14.1 Å². The van der Waals surface area contributed by atoms with Crippen molar-refractivity contribution < 1.29 is 35.3 Å². The van der Waals surface area contributed by atoms with Gasteiger partial charge in [0.05, 0.1) is 59.5 Å². The molecule has 70 heavy (non-hydrogen) atoms. The summed E-state index contributed by atoms with van der Waals surface area (Å²) in [4.78, 5) is 4.81. The lowest BCUT2D eigenvalue weighted by Crippen LogP contribution is -2.31. The zero-order valence-electron chi connectivity index (χ0n) is 57.2. The van der Waals surface area contributed by atoms with Crippen molar-refractivity contribution in [2.75, 3.05) is 0 Å². The van der Waals surface area contributed by atoms with Crippen molar-refractivity contribution in [2.45, 2.75) is 33.1 Å². The van der Waals surface area contributed by atoms with Gasteiger partial charge in [0.1, 0.15) is 17.3 Å². The first-order valence-electron chi connectivity index (χ1n) is 31.9.